The zero-order valence-corrected chi connectivity index (χ0v) is 48.0. The molecule has 2 aromatic carbocycles. The predicted molar refractivity (Wildman–Crippen MR) is 253 cm³/mol. The molecule has 0 radical (unpaired) electrons. The standard InChI is InChI=1S/C11H12Br5O3P.C7H2Br6.C6H15O3P.C3H7Br.CH4.N2/c1-3-18-20(17,19-4-2)5-6-7(12)9(14)11(16)10(15)8(6)13;8-1-2-3(9)5(11)7(13)6(12)4(2)10;1-4-7-10(8-5-2)9-6-3;1-2-3-4;;1-2/h3-5H2,1-2H3;1H2;4-6H2,1-3H3;2-3H2,1H3;1H4;. The molecule has 0 fully saturated rings. The van der Waals surface area contributed by atoms with Gasteiger partial charge in [-0.15, -0.1) is 0 Å². The lowest BCUT2D eigenvalue weighted by atomic mass is 10.2. The van der Waals surface area contributed by atoms with Crippen molar-refractivity contribution in [3.05, 3.63) is 55.9 Å². The van der Waals surface area contributed by atoms with E-state index in [1.165, 1.54) is 12.0 Å². The van der Waals surface area contributed by atoms with Gasteiger partial charge in [0.05, 0.1) is 39.2 Å². The summed E-state index contributed by atoms with van der Waals surface area (Å²) in [7, 11) is -4.23. The Labute approximate surface area is 400 Å². The van der Waals surface area contributed by atoms with Crippen LogP contribution in [0.5, 0.6) is 0 Å². The Morgan fingerprint density at radius 2 is 0.780 bits per heavy atom. The van der Waals surface area contributed by atoms with Gasteiger partial charge in [-0.05, 0) is 211 Å². The Balaban J connectivity index is -0.000000306. The number of halogens is 12. The molecular weight excluding hydrogens is 1480 g/mol. The van der Waals surface area contributed by atoms with Crippen LogP contribution in [0.1, 0.15) is 66.5 Å². The molecule has 0 aliphatic heterocycles. The lowest BCUT2D eigenvalue weighted by molar-refractivity contribution is 0.176. The molecule has 8 nitrogen and oxygen atoms in total. The summed E-state index contributed by atoms with van der Waals surface area (Å²) in [6.45, 7) is 14.1. The first-order valence-corrected chi connectivity index (χ1v) is 26.9. The molecule has 0 saturated heterocycles. The van der Waals surface area contributed by atoms with Crippen LogP contribution >= 0.6 is 207 Å². The maximum absolute atomic E-state index is 12.7. The van der Waals surface area contributed by atoms with Crippen LogP contribution in [0.3, 0.4) is 0 Å². The van der Waals surface area contributed by atoms with Crippen molar-refractivity contribution in [2.24, 2.45) is 0 Å². The van der Waals surface area contributed by atoms with Crippen LogP contribution in [0.2, 0.25) is 0 Å². The van der Waals surface area contributed by atoms with Crippen LogP contribution in [-0.2, 0) is 38.7 Å². The van der Waals surface area contributed by atoms with Crippen LogP contribution in [-0.4, -0.2) is 38.4 Å². The molecular formula is C28H40Br12N2O6P2. The highest BCUT2D eigenvalue weighted by Gasteiger charge is 2.29. The molecule has 0 aliphatic rings. The Kier molecular flexibility index (Phi) is 44.0. The highest BCUT2D eigenvalue weighted by atomic mass is 79.9. The summed E-state index contributed by atoms with van der Waals surface area (Å²) in [5, 5.41) is 13.9. The lowest BCUT2D eigenvalue weighted by Crippen LogP contribution is -2.01. The van der Waals surface area contributed by atoms with Gasteiger partial charge in [-0.3, -0.25) is 4.57 Å². The van der Waals surface area contributed by atoms with Gasteiger partial charge in [0.15, 0.2) is 0 Å². The normalized spacial score (nSPS) is 10.3. The fourth-order valence-electron chi connectivity index (χ4n) is 2.70. The maximum Gasteiger partial charge on any atom is 0.335 e. The second-order valence-corrected chi connectivity index (χ2v) is 20.6. The van der Waals surface area contributed by atoms with Gasteiger partial charge in [0.2, 0.25) is 0 Å². The van der Waals surface area contributed by atoms with E-state index in [0.29, 0.717) is 33.0 Å². The van der Waals surface area contributed by atoms with Crippen molar-refractivity contribution in [2.45, 2.75) is 66.9 Å². The van der Waals surface area contributed by atoms with Gasteiger partial charge in [-0.2, -0.15) is 0 Å². The van der Waals surface area contributed by atoms with Crippen LogP contribution in [0.25, 0.3) is 0 Å². The maximum atomic E-state index is 12.7. The SMILES string of the molecule is BrCc1c(Br)c(Br)c(Br)c(Br)c1Br.C.CCCBr.CCOP(=O)(Cc1c(Br)c(Br)c(Br)c(Br)c1Br)OCC.CCOP(OCC)OCC.N#N. The fourth-order valence-corrected chi connectivity index (χ4v) is 13.9. The Hall–Kier alpha value is 4.08. The summed E-state index contributed by atoms with van der Waals surface area (Å²) in [6.07, 6.45) is 1.42. The summed E-state index contributed by atoms with van der Waals surface area (Å²) in [5.41, 5.74) is 1.99. The first-order chi connectivity index (χ1) is 23.0. The van der Waals surface area contributed by atoms with E-state index in [9.17, 15) is 4.57 Å². The first-order valence-electron chi connectivity index (χ1n) is 13.9. The Morgan fingerprint density at radius 3 is 1.00 bits per heavy atom. The molecule has 0 saturated carbocycles. The summed E-state index contributed by atoms with van der Waals surface area (Å²) in [4.78, 5) is 0. The van der Waals surface area contributed by atoms with Gasteiger partial charge in [-0.1, -0.05) is 46.2 Å². The van der Waals surface area contributed by atoms with Crippen molar-refractivity contribution in [1.82, 2.24) is 0 Å². The van der Waals surface area contributed by atoms with E-state index >= 15 is 0 Å². The van der Waals surface area contributed by atoms with E-state index < -0.39 is 16.2 Å². The molecule has 0 atom stereocenters. The molecule has 22 heteroatoms. The Bertz CT molecular complexity index is 1230. The highest BCUT2D eigenvalue weighted by molar-refractivity contribution is 9.16. The predicted octanol–water partition coefficient (Wildman–Crippen LogP) is 18.4. The summed E-state index contributed by atoms with van der Waals surface area (Å²) in [5.74, 6) is 0. The van der Waals surface area contributed by atoms with E-state index in [-0.39, 0.29) is 13.6 Å². The molecule has 2 rings (SSSR count). The van der Waals surface area contributed by atoms with Crippen LogP contribution in [0, 0.1) is 10.8 Å². The molecule has 0 unspecified atom stereocenters. The van der Waals surface area contributed by atoms with Crippen LogP contribution < -0.4 is 0 Å². The second-order valence-electron chi connectivity index (χ2n) is 8.00. The van der Waals surface area contributed by atoms with Crippen molar-refractivity contribution >= 4 is 207 Å². The van der Waals surface area contributed by atoms with E-state index in [2.05, 4.69) is 198 Å². The highest BCUT2D eigenvalue weighted by Crippen LogP contribution is 2.55. The minimum atomic E-state index is -3.17. The van der Waals surface area contributed by atoms with E-state index in [0.717, 1.165) is 61.0 Å². The number of nitrogens with zero attached hydrogens (tertiary/aromatic N) is 2. The third-order valence-electron chi connectivity index (χ3n) is 4.63. The van der Waals surface area contributed by atoms with Crippen LogP contribution in [0.15, 0.2) is 44.7 Å². The summed E-state index contributed by atoms with van der Waals surface area (Å²) >= 11 is 41.6. The summed E-state index contributed by atoms with van der Waals surface area (Å²) < 4.78 is 48.0. The fraction of sp³-hybridized carbons (Fsp3) is 0.571. The van der Waals surface area contributed by atoms with Crippen molar-refractivity contribution in [3.63, 3.8) is 0 Å². The number of alkyl halides is 2. The second kappa shape index (κ2) is 36.2. The number of hydrogen-bond acceptors (Lipinski definition) is 8. The molecule has 0 heterocycles. The molecule has 50 heavy (non-hydrogen) atoms. The molecule has 0 amide bonds. The van der Waals surface area contributed by atoms with Gasteiger partial charge in [0.25, 0.3) is 0 Å². The number of rotatable bonds is 14. The van der Waals surface area contributed by atoms with Gasteiger partial charge >= 0.3 is 16.2 Å². The third kappa shape index (κ3) is 22.9. The molecule has 0 bridgehead atoms. The quantitative estimate of drug-likeness (QED) is 0.0605. The molecule has 292 valence electrons. The van der Waals surface area contributed by atoms with E-state index in [4.69, 9.17) is 33.4 Å². The zero-order valence-electron chi connectivity index (χ0n) is 27.1. The van der Waals surface area contributed by atoms with Gasteiger partial charge in [-0.25, -0.2) is 0 Å². The first kappa shape index (κ1) is 60.8. The zero-order chi connectivity index (χ0) is 38.9. The summed E-state index contributed by atoms with van der Waals surface area (Å²) in [6, 6.07) is 0. The van der Waals surface area contributed by atoms with Crippen molar-refractivity contribution < 1.29 is 27.2 Å². The van der Waals surface area contributed by atoms with Crippen molar-refractivity contribution in [1.29, 1.82) is 10.8 Å². The van der Waals surface area contributed by atoms with E-state index in [1.807, 2.05) is 20.8 Å². The van der Waals surface area contributed by atoms with E-state index in [1.54, 1.807) is 13.8 Å². The van der Waals surface area contributed by atoms with Crippen LogP contribution in [0.4, 0.5) is 0 Å². The molecule has 2 aromatic rings. The monoisotopic (exact) mass is 1510 g/mol. The van der Waals surface area contributed by atoms with Gasteiger partial charge in [0.1, 0.15) is 0 Å². The molecule has 0 spiro atoms. The molecule has 0 aliphatic carbocycles. The average molecular weight is 1520 g/mol. The minimum absolute atomic E-state index is 0. The number of hydrogen-bond donors (Lipinski definition) is 0. The number of benzene rings is 2. The lowest BCUT2D eigenvalue weighted by Gasteiger charge is -2.20. The molecule has 0 aromatic heterocycles. The molecule has 0 N–H and O–H groups in total. The Morgan fingerprint density at radius 1 is 0.520 bits per heavy atom. The van der Waals surface area contributed by atoms with Gasteiger partial charge in [0, 0.05) is 66.2 Å². The third-order valence-corrected chi connectivity index (χ3v) is 21.9. The van der Waals surface area contributed by atoms with Crippen molar-refractivity contribution in [3.8, 4) is 0 Å². The average Bonchev–Trinajstić information content (AvgIpc) is 3.09. The van der Waals surface area contributed by atoms with Gasteiger partial charge < -0.3 is 22.6 Å². The largest absolute Gasteiger partial charge is 0.335 e. The smallest absolute Gasteiger partial charge is 0.313 e. The minimum Gasteiger partial charge on any atom is -0.313 e. The van der Waals surface area contributed by atoms with Crippen molar-refractivity contribution in [2.75, 3.05) is 38.4 Å². The topological polar surface area (TPSA) is 111 Å².